The standard InChI is InChI=1S/C13H23N3S/c1-3-7-16(8-12-5-4-6-14-12)11(2)13-9-17-10-15-13/h9-12,14H,3-8H2,1-2H3. The fourth-order valence-electron chi connectivity index (χ4n) is 2.54. The lowest BCUT2D eigenvalue weighted by Gasteiger charge is -2.30. The fraction of sp³-hybridized carbons (Fsp3) is 0.769. The molecule has 0 bridgehead atoms. The molecule has 2 atom stereocenters. The van der Waals surface area contributed by atoms with Gasteiger partial charge in [-0.1, -0.05) is 6.92 Å². The smallest absolute Gasteiger partial charge is 0.0795 e. The minimum Gasteiger partial charge on any atom is -0.313 e. The summed E-state index contributed by atoms with van der Waals surface area (Å²) in [6.45, 7) is 8.04. The van der Waals surface area contributed by atoms with Gasteiger partial charge in [-0.15, -0.1) is 11.3 Å². The Morgan fingerprint density at radius 2 is 2.53 bits per heavy atom. The molecular formula is C13H23N3S. The van der Waals surface area contributed by atoms with Gasteiger partial charge in [-0.25, -0.2) is 4.98 Å². The summed E-state index contributed by atoms with van der Waals surface area (Å²) in [5, 5.41) is 5.76. The van der Waals surface area contributed by atoms with Crippen LogP contribution in [0.1, 0.15) is 44.8 Å². The Morgan fingerprint density at radius 3 is 3.12 bits per heavy atom. The molecule has 1 aromatic rings. The molecule has 1 saturated heterocycles. The van der Waals surface area contributed by atoms with Gasteiger partial charge >= 0.3 is 0 Å². The van der Waals surface area contributed by atoms with Gasteiger partial charge in [0.15, 0.2) is 0 Å². The largest absolute Gasteiger partial charge is 0.313 e. The summed E-state index contributed by atoms with van der Waals surface area (Å²) in [4.78, 5) is 7.02. The van der Waals surface area contributed by atoms with Gasteiger partial charge in [-0.05, 0) is 39.3 Å². The van der Waals surface area contributed by atoms with E-state index in [4.69, 9.17) is 0 Å². The molecule has 4 heteroatoms. The third-order valence-corrected chi connectivity index (χ3v) is 4.16. The van der Waals surface area contributed by atoms with E-state index in [0.717, 1.165) is 13.1 Å². The van der Waals surface area contributed by atoms with Crippen molar-refractivity contribution in [3.8, 4) is 0 Å². The average Bonchev–Trinajstić information content (AvgIpc) is 3.00. The SMILES string of the molecule is CCCN(CC1CCCN1)C(C)c1cscn1. The van der Waals surface area contributed by atoms with Crippen LogP contribution in [0.5, 0.6) is 0 Å². The first-order chi connectivity index (χ1) is 8.31. The van der Waals surface area contributed by atoms with Gasteiger partial charge in [-0.3, -0.25) is 4.90 Å². The van der Waals surface area contributed by atoms with Crippen LogP contribution in [0.15, 0.2) is 10.9 Å². The predicted octanol–water partition coefficient (Wildman–Crippen LogP) is 2.67. The lowest BCUT2D eigenvalue weighted by Crippen LogP contribution is -2.39. The lowest BCUT2D eigenvalue weighted by atomic mass is 10.1. The van der Waals surface area contributed by atoms with E-state index in [-0.39, 0.29) is 0 Å². The van der Waals surface area contributed by atoms with Crippen molar-refractivity contribution >= 4 is 11.3 Å². The van der Waals surface area contributed by atoms with Crippen molar-refractivity contribution in [3.63, 3.8) is 0 Å². The van der Waals surface area contributed by atoms with Crippen LogP contribution in [0, 0.1) is 0 Å². The second-order valence-corrected chi connectivity index (χ2v) is 5.60. The molecular weight excluding hydrogens is 230 g/mol. The molecule has 1 N–H and O–H groups in total. The van der Waals surface area contributed by atoms with Gasteiger partial charge in [0, 0.05) is 18.0 Å². The van der Waals surface area contributed by atoms with Crippen molar-refractivity contribution in [1.29, 1.82) is 0 Å². The number of thiazole rings is 1. The number of aromatic nitrogens is 1. The summed E-state index contributed by atoms with van der Waals surface area (Å²) in [6.07, 6.45) is 3.86. The first-order valence-electron chi connectivity index (χ1n) is 6.66. The highest BCUT2D eigenvalue weighted by molar-refractivity contribution is 7.07. The molecule has 96 valence electrons. The Labute approximate surface area is 108 Å². The summed E-state index contributed by atoms with van der Waals surface area (Å²) in [6, 6.07) is 1.13. The second kappa shape index (κ2) is 6.47. The maximum Gasteiger partial charge on any atom is 0.0795 e. The molecule has 3 nitrogen and oxygen atoms in total. The number of rotatable bonds is 6. The first kappa shape index (κ1) is 13.0. The van der Waals surface area contributed by atoms with Crippen molar-refractivity contribution in [3.05, 3.63) is 16.6 Å². The van der Waals surface area contributed by atoms with Crippen LogP contribution in [-0.2, 0) is 0 Å². The third kappa shape index (κ3) is 3.50. The highest BCUT2D eigenvalue weighted by Crippen LogP contribution is 2.21. The first-order valence-corrected chi connectivity index (χ1v) is 7.61. The number of nitrogens with zero attached hydrogens (tertiary/aromatic N) is 2. The Hall–Kier alpha value is -0.450. The molecule has 0 aromatic carbocycles. The molecule has 0 spiro atoms. The molecule has 0 saturated carbocycles. The molecule has 1 aromatic heterocycles. The van der Waals surface area contributed by atoms with Crippen LogP contribution in [0.4, 0.5) is 0 Å². The van der Waals surface area contributed by atoms with Crippen LogP contribution in [0.25, 0.3) is 0 Å². The van der Waals surface area contributed by atoms with Crippen LogP contribution in [0.2, 0.25) is 0 Å². The van der Waals surface area contributed by atoms with Gasteiger partial charge in [-0.2, -0.15) is 0 Å². The van der Waals surface area contributed by atoms with Gasteiger partial charge in [0.1, 0.15) is 0 Å². The van der Waals surface area contributed by atoms with Crippen molar-refractivity contribution in [2.75, 3.05) is 19.6 Å². The Kier molecular flexibility index (Phi) is 4.95. The summed E-state index contributed by atoms with van der Waals surface area (Å²) in [7, 11) is 0. The quantitative estimate of drug-likeness (QED) is 0.845. The zero-order valence-corrected chi connectivity index (χ0v) is 11.7. The summed E-state index contributed by atoms with van der Waals surface area (Å²) in [5.41, 5.74) is 3.16. The maximum atomic E-state index is 4.45. The summed E-state index contributed by atoms with van der Waals surface area (Å²) in [5.74, 6) is 0. The number of nitrogens with one attached hydrogen (secondary N) is 1. The van der Waals surface area contributed by atoms with E-state index in [1.165, 1.54) is 31.5 Å². The van der Waals surface area contributed by atoms with E-state index in [1.807, 2.05) is 5.51 Å². The average molecular weight is 253 g/mol. The summed E-state index contributed by atoms with van der Waals surface area (Å²) < 4.78 is 0. The second-order valence-electron chi connectivity index (χ2n) is 4.88. The van der Waals surface area contributed by atoms with Crippen molar-refractivity contribution in [2.24, 2.45) is 0 Å². The van der Waals surface area contributed by atoms with Crippen LogP contribution in [0.3, 0.4) is 0 Å². The van der Waals surface area contributed by atoms with Gasteiger partial charge in [0.2, 0.25) is 0 Å². The highest BCUT2D eigenvalue weighted by atomic mass is 32.1. The van der Waals surface area contributed by atoms with E-state index in [2.05, 4.69) is 34.4 Å². The topological polar surface area (TPSA) is 28.2 Å². The fourth-order valence-corrected chi connectivity index (χ4v) is 3.18. The van der Waals surface area contributed by atoms with Crippen LogP contribution < -0.4 is 5.32 Å². The normalized spacial score (nSPS) is 22.2. The number of hydrogen-bond donors (Lipinski definition) is 1. The third-order valence-electron chi connectivity index (χ3n) is 3.56. The Bertz CT molecular complexity index is 306. The molecule has 1 fully saturated rings. The molecule has 2 rings (SSSR count). The van der Waals surface area contributed by atoms with E-state index < -0.39 is 0 Å². The van der Waals surface area contributed by atoms with Crippen molar-refractivity contribution < 1.29 is 0 Å². The van der Waals surface area contributed by atoms with Crippen molar-refractivity contribution in [2.45, 2.75) is 45.2 Å². The Balaban J connectivity index is 1.95. The monoisotopic (exact) mass is 253 g/mol. The van der Waals surface area contributed by atoms with E-state index >= 15 is 0 Å². The van der Waals surface area contributed by atoms with Crippen LogP contribution >= 0.6 is 11.3 Å². The predicted molar refractivity (Wildman–Crippen MR) is 73.4 cm³/mol. The minimum absolute atomic E-state index is 0.448. The molecule has 0 aliphatic carbocycles. The molecule has 2 heterocycles. The molecule has 2 unspecified atom stereocenters. The zero-order chi connectivity index (χ0) is 12.1. The molecule has 0 radical (unpaired) electrons. The highest BCUT2D eigenvalue weighted by Gasteiger charge is 2.22. The Morgan fingerprint density at radius 1 is 1.65 bits per heavy atom. The molecule has 1 aliphatic rings. The molecule has 17 heavy (non-hydrogen) atoms. The van der Waals surface area contributed by atoms with Gasteiger partial charge in [0.05, 0.1) is 17.2 Å². The van der Waals surface area contributed by atoms with Gasteiger partial charge < -0.3 is 5.32 Å². The molecule has 0 amide bonds. The summed E-state index contributed by atoms with van der Waals surface area (Å²) >= 11 is 1.69. The van der Waals surface area contributed by atoms with Crippen LogP contribution in [-0.4, -0.2) is 35.6 Å². The maximum absolute atomic E-state index is 4.45. The number of hydrogen-bond acceptors (Lipinski definition) is 4. The van der Waals surface area contributed by atoms with E-state index in [9.17, 15) is 0 Å². The lowest BCUT2D eigenvalue weighted by molar-refractivity contribution is 0.190. The van der Waals surface area contributed by atoms with E-state index in [0.29, 0.717) is 12.1 Å². The van der Waals surface area contributed by atoms with Crippen molar-refractivity contribution in [1.82, 2.24) is 15.2 Å². The van der Waals surface area contributed by atoms with E-state index in [1.54, 1.807) is 11.3 Å². The molecule has 1 aliphatic heterocycles. The van der Waals surface area contributed by atoms with Gasteiger partial charge in [0.25, 0.3) is 0 Å². The minimum atomic E-state index is 0.448. The zero-order valence-electron chi connectivity index (χ0n) is 10.9.